The van der Waals surface area contributed by atoms with Crippen molar-refractivity contribution in [3.63, 3.8) is 0 Å². The lowest BCUT2D eigenvalue weighted by molar-refractivity contribution is -0.120. The van der Waals surface area contributed by atoms with Crippen molar-refractivity contribution < 1.29 is 22.8 Å². The SMILES string of the molecule is CC(F)(F)c1cncc(NC(=O)Cc2ccc(-c3cnc4c(c3)C3(CC3)C(=O)C4)cc2F)c1. The fourth-order valence-electron chi connectivity index (χ4n) is 4.35. The summed E-state index contributed by atoms with van der Waals surface area (Å²) in [5.41, 5.74) is 2.64. The molecule has 0 atom stereocenters. The highest BCUT2D eigenvalue weighted by Crippen LogP contribution is 2.54. The normalized spacial score (nSPS) is 16.1. The average Bonchev–Trinajstić information content (AvgIpc) is 3.52. The number of aromatic nitrogens is 2. The van der Waals surface area contributed by atoms with Crippen molar-refractivity contribution in [3.05, 3.63) is 77.1 Å². The highest BCUT2D eigenvalue weighted by atomic mass is 19.3. The van der Waals surface area contributed by atoms with Gasteiger partial charge in [-0.2, -0.15) is 0 Å². The number of pyridine rings is 2. The number of carbonyl (C=O) groups excluding carboxylic acids is 2. The Hall–Kier alpha value is -3.55. The molecule has 1 aromatic carbocycles. The van der Waals surface area contributed by atoms with Gasteiger partial charge >= 0.3 is 0 Å². The molecule has 0 unspecified atom stereocenters. The second-order valence-electron chi connectivity index (χ2n) is 8.78. The van der Waals surface area contributed by atoms with E-state index >= 15 is 0 Å². The van der Waals surface area contributed by atoms with Gasteiger partial charge in [0.15, 0.2) is 0 Å². The van der Waals surface area contributed by atoms with E-state index in [0.29, 0.717) is 17.5 Å². The van der Waals surface area contributed by atoms with Gasteiger partial charge in [-0.1, -0.05) is 12.1 Å². The first-order valence-corrected chi connectivity index (χ1v) is 10.6. The van der Waals surface area contributed by atoms with Crippen LogP contribution in [0.2, 0.25) is 0 Å². The summed E-state index contributed by atoms with van der Waals surface area (Å²) in [6.07, 6.45) is 5.68. The molecule has 1 N–H and O–H groups in total. The summed E-state index contributed by atoms with van der Waals surface area (Å²) >= 11 is 0. The molecule has 2 aromatic heterocycles. The second-order valence-corrected chi connectivity index (χ2v) is 8.78. The Morgan fingerprint density at radius 2 is 1.91 bits per heavy atom. The maximum atomic E-state index is 14.8. The van der Waals surface area contributed by atoms with Crippen molar-refractivity contribution in [2.24, 2.45) is 0 Å². The van der Waals surface area contributed by atoms with Crippen LogP contribution in [-0.4, -0.2) is 21.7 Å². The number of hydrogen-bond donors (Lipinski definition) is 1. The number of halogens is 3. The molecule has 1 spiro atoms. The molecule has 5 rings (SSSR count). The first-order valence-electron chi connectivity index (χ1n) is 10.6. The molecule has 1 fully saturated rings. The molecule has 5 nitrogen and oxygen atoms in total. The molecular weight excluding hydrogens is 431 g/mol. The Labute approximate surface area is 188 Å². The van der Waals surface area contributed by atoms with E-state index in [1.54, 1.807) is 12.3 Å². The summed E-state index contributed by atoms with van der Waals surface area (Å²) in [6, 6.07) is 7.62. The van der Waals surface area contributed by atoms with Crippen LogP contribution in [0.3, 0.4) is 0 Å². The molecule has 0 aliphatic heterocycles. The summed E-state index contributed by atoms with van der Waals surface area (Å²) in [7, 11) is 0. The number of nitrogens with zero attached hydrogens (tertiary/aromatic N) is 2. The molecule has 1 amide bonds. The average molecular weight is 451 g/mol. The smallest absolute Gasteiger partial charge is 0.272 e. The van der Waals surface area contributed by atoms with Crippen LogP contribution < -0.4 is 5.32 Å². The van der Waals surface area contributed by atoms with Crippen LogP contribution in [0.4, 0.5) is 18.9 Å². The van der Waals surface area contributed by atoms with Gasteiger partial charge in [0.1, 0.15) is 11.6 Å². The first-order chi connectivity index (χ1) is 15.7. The maximum Gasteiger partial charge on any atom is 0.272 e. The van der Waals surface area contributed by atoms with E-state index in [2.05, 4.69) is 15.3 Å². The van der Waals surface area contributed by atoms with Gasteiger partial charge in [0.2, 0.25) is 5.91 Å². The quantitative estimate of drug-likeness (QED) is 0.609. The predicted octanol–water partition coefficient (Wildman–Crippen LogP) is 4.73. The van der Waals surface area contributed by atoms with Gasteiger partial charge in [-0.05, 0) is 47.7 Å². The molecule has 2 heterocycles. The Morgan fingerprint density at radius 3 is 2.61 bits per heavy atom. The lowest BCUT2D eigenvalue weighted by Gasteiger charge is -2.12. The number of fused-ring (bicyclic) bond motifs is 2. The van der Waals surface area contributed by atoms with E-state index in [4.69, 9.17) is 0 Å². The van der Waals surface area contributed by atoms with E-state index in [-0.39, 0.29) is 34.4 Å². The summed E-state index contributed by atoms with van der Waals surface area (Å²) in [5.74, 6) is -3.99. The minimum Gasteiger partial charge on any atom is -0.324 e. The van der Waals surface area contributed by atoms with Crippen molar-refractivity contribution in [2.45, 2.75) is 43.9 Å². The van der Waals surface area contributed by atoms with Gasteiger partial charge < -0.3 is 5.32 Å². The van der Waals surface area contributed by atoms with Gasteiger partial charge in [-0.15, -0.1) is 0 Å². The third-order valence-corrected chi connectivity index (χ3v) is 6.36. The minimum atomic E-state index is -3.09. The third-order valence-electron chi connectivity index (χ3n) is 6.36. The number of Topliss-reactive ketones (excluding diaryl/α,β-unsaturated/α-hetero) is 1. The third kappa shape index (κ3) is 3.90. The van der Waals surface area contributed by atoms with E-state index < -0.39 is 17.6 Å². The number of rotatable bonds is 5. The van der Waals surface area contributed by atoms with Crippen LogP contribution in [0.5, 0.6) is 0 Å². The molecule has 0 saturated heterocycles. The second kappa shape index (κ2) is 7.50. The summed E-state index contributed by atoms with van der Waals surface area (Å²) in [4.78, 5) is 32.8. The molecule has 8 heteroatoms. The molecule has 3 aromatic rings. The summed E-state index contributed by atoms with van der Waals surface area (Å²) in [5, 5.41) is 2.48. The largest absolute Gasteiger partial charge is 0.324 e. The number of anilines is 1. The first kappa shape index (κ1) is 21.3. The minimum absolute atomic E-state index is 0.115. The van der Waals surface area contributed by atoms with Crippen LogP contribution >= 0.6 is 0 Å². The van der Waals surface area contributed by atoms with Crippen LogP contribution in [0, 0.1) is 5.82 Å². The molecule has 2 aliphatic carbocycles. The standard InChI is InChI=1S/C25H20F3N3O2/c1-24(27,28)17-9-18(13-29-12-17)31-23(33)8-15-3-2-14(7-20(15)26)16-6-19-21(30-11-16)10-22(32)25(19)4-5-25/h2-3,6-7,9,11-13H,4-5,8,10H2,1H3,(H,31,33). The van der Waals surface area contributed by atoms with Gasteiger partial charge in [0.25, 0.3) is 5.92 Å². The van der Waals surface area contributed by atoms with Crippen LogP contribution in [0.15, 0.2) is 48.9 Å². The van der Waals surface area contributed by atoms with Gasteiger partial charge in [-0.3, -0.25) is 19.6 Å². The fraction of sp³-hybridized carbons (Fsp3) is 0.280. The number of nitrogens with one attached hydrogen (secondary N) is 1. The van der Waals surface area contributed by atoms with E-state index in [0.717, 1.165) is 43.3 Å². The number of ketones is 1. The molecule has 0 bridgehead atoms. The zero-order valence-corrected chi connectivity index (χ0v) is 17.8. The number of hydrogen-bond acceptors (Lipinski definition) is 4. The number of benzene rings is 1. The zero-order chi connectivity index (χ0) is 23.4. The molecular formula is C25H20F3N3O2. The van der Waals surface area contributed by atoms with Crippen molar-refractivity contribution in [2.75, 3.05) is 5.32 Å². The summed E-state index contributed by atoms with van der Waals surface area (Å²) < 4.78 is 41.7. The van der Waals surface area contributed by atoms with Crippen molar-refractivity contribution in [1.29, 1.82) is 0 Å². The molecule has 2 aliphatic rings. The van der Waals surface area contributed by atoms with Gasteiger partial charge in [0, 0.05) is 36.9 Å². The van der Waals surface area contributed by atoms with Crippen LogP contribution in [-0.2, 0) is 33.8 Å². The molecule has 168 valence electrons. The fourth-order valence-corrected chi connectivity index (χ4v) is 4.35. The van der Waals surface area contributed by atoms with Crippen molar-refractivity contribution in [1.82, 2.24) is 9.97 Å². The zero-order valence-electron chi connectivity index (χ0n) is 17.8. The van der Waals surface area contributed by atoms with Crippen LogP contribution in [0.1, 0.15) is 42.1 Å². The van der Waals surface area contributed by atoms with Gasteiger partial charge in [-0.25, -0.2) is 13.2 Å². The van der Waals surface area contributed by atoms with E-state index in [1.807, 2.05) is 6.07 Å². The molecule has 0 radical (unpaired) electrons. The highest BCUT2D eigenvalue weighted by molar-refractivity contribution is 5.99. The topological polar surface area (TPSA) is 72.0 Å². The Bertz CT molecular complexity index is 1300. The number of carbonyl (C=O) groups is 2. The lowest BCUT2D eigenvalue weighted by Crippen LogP contribution is -2.16. The predicted molar refractivity (Wildman–Crippen MR) is 115 cm³/mol. The summed E-state index contributed by atoms with van der Waals surface area (Å²) in [6.45, 7) is 0.741. The van der Waals surface area contributed by atoms with Gasteiger partial charge in [0.05, 0.1) is 29.4 Å². The Balaban J connectivity index is 1.32. The monoisotopic (exact) mass is 451 g/mol. The highest BCUT2D eigenvalue weighted by Gasteiger charge is 2.56. The van der Waals surface area contributed by atoms with E-state index in [1.165, 1.54) is 18.3 Å². The molecule has 1 saturated carbocycles. The van der Waals surface area contributed by atoms with Crippen molar-refractivity contribution >= 4 is 17.4 Å². The van der Waals surface area contributed by atoms with E-state index in [9.17, 15) is 22.8 Å². The maximum absolute atomic E-state index is 14.8. The Morgan fingerprint density at radius 1 is 1.12 bits per heavy atom. The number of amides is 1. The lowest BCUT2D eigenvalue weighted by atomic mass is 9.95. The number of alkyl halides is 2. The Kier molecular flexibility index (Phi) is 4.84. The van der Waals surface area contributed by atoms with Crippen LogP contribution in [0.25, 0.3) is 11.1 Å². The van der Waals surface area contributed by atoms with Crippen molar-refractivity contribution in [3.8, 4) is 11.1 Å². The molecule has 33 heavy (non-hydrogen) atoms.